The van der Waals surface area contributed by atoms with Crippen LogP contribution < -0.4 is 0 Å². The number of esters is 5. The Bertz CT molecular complexity index is 927. The Hall–Kier alpha value is -3.77. The van der Waals surface area contributed by atoms with Gasteiger partial charge in [-0.3, -0.25) is 4.79 Å². The number of ether oxygens (including phenoxy) is 6. The van der Waals surface area contributed by atoms with Gasteiger partial charge >= 0.3 is 29.8 Å². The summed E-state index contributed by atoms with van der Waals surface area (Å²) in [5.41, 5.74) is -1.75. The number of nitrogens with zero attached hydrogens (tertiary/aromatic N) is 1. The second kappa shape index (κ2) is 21.0. The van der Waals surface area contributed by atoms with Crippen molar-refractivity contribution in [2.24, 2.45) is 10.8 Å². The van der Waals surface area contributed by atoms with Crippen LogP contribution in [-0.2, 0) is 52.4 Å². The van der Waals surface area contributed by atoms with E-state index in [4.69, 9.17) is 28.4 Å². The number of carbonyl (C=O) groups excluding carboxylic acids is 5. The van der Waals surface area contributed by atoms with Gasteiger partial charge in [0.25, 0.3) is 0 Å². The zero-order valence-electron chi connectivity index (χ0n) is 25.9. The molecule has 43 heavy (non-hydrogen) atoms. The van der Waals surface area contributed by atoms with Gasteiger partial charge in [-0.25, -0.2) is 19.2 Å². The lowest BCUT2D eigenvalue weighted by Gasteiger charge is -2.30. The van der Waals surface area contributed by atoms with Gasteiger partial charge in [-0.15, -0.1) is 0 Å². The molecule has 0 radical (unpaired) electrons. The molecule has 0 saturated heterocycles. The molecule has 12 nitrogen and oxygen atoms in total. The maximum Gasteiger partial charge on any atom is 0.330 e. The number of hydrogen-bond donors (Lipinski definition) is 0. The predicted octanol–water partition coefficient (Wildman–Crippen LogP) is 2.97. The van der Waals surface area contributed by atoms with Crippen LogP contribution in [0.1, 0.15) is 40.5 Å². The van der Waals surface area contributed by atoms with E-state index in [1.54, 1.807) is 13.8 Å². The van der Waals surface area contributed by atoms with Gasteiger partial charge in [-0.1, -0.05) is 40.2 Å². The quantitative estimate of drug-likeness (QED) is 0.0901. The molecule has 0 N–H and O–H groups in total. The molecule has 0 spiro atoms. The van der Waals surface area contributed by atoms with E-state index in [0.29, 0.717) is 26.1 Å². The third-order valence-electron chi connectivity index (χ3n) is 6.15. The van der Waals surface area contributed by atoms with Crippen LogP contribution >= 0.6 is 0 Å². The van der Waals surface area contributed by atoms with Crippen molar-refractivity contribution < 1.29 is 52.4 Å². The van der Waals surface area contributed by atoms with Crippen molar-refractivity contribution in [3.8, 4) is 0 Å². The molecule has 0 aromatic heterocycles. The highest BCUT2D eigenvalue weighted by Crippen LogP contribution is 2.21. The summed E-state index contributed by atoms with van der Waals surface area (Å²) in [6.45, 7) is 22.1. The molecular weight excluding hydrogens is 562 g/mol. The largest absolute Gasteiger partial charge is 0.465 e. The average Bonchev–Trinajstić information content (AvgIpc) is 3.01. The molecule has 1 unspecified atom stereocenters. The lowest BCUT2D eigenvalue weighted by atomic mass is 9.94. The average molecular weight is 610 g/mol. The van der Waals surface area contributed by atoms with Crippen LogP contribution in [0.4, 0.5) is 0 Å². The van der Waals surface area contributed by atoms with Gasteiger partial charge in [-0.05, 0) is 26.8 Å². The maximum atomic E-state index is 12.5. The first-order valence-electron chi connectivity index (χ1n) is 13.9. The molecule has 0 aliphatic rings. The van der Waals surface area contributed by atoms with E-state index in [9.17, 15) is 24.0 Å². The predicted molar refractivity (Wildman–Crippen MR) is 159 cm³/mol. The second-order valence-electron chi connectivity index (χ2n) is 10.6. The van der Waals surface area contributed by atoms with Crippen molar-refractivity contribution in [1.82, 2.24) is 4.90 Å². The van der Waals surface area contributed by atoms with E-state index in [0.717, 1.165) is 24.3 Å². The Labute approximate surface area is 254 Å². The van der Waals surface area contributed by atoms with Crippen molar-refractivity contribution in [1.29, 1.82) is 0 Å². The molecule has 0 saturated carbocycles. The van der Waals surface area contributed by atoms with E-state index in [1.165, 1.54) is 0 Å². The van der Waals surface area contributed by atoms with Gasteiger partial charge in [0.2, 0.25) is 0 Å². The first-order valence-corrected chi connectivity index (χ1v) is 13.9. The van der Waals surface area contributed by atoms with Crippen LogP contribution in [0.2, 0.25) is 0 Å². The molecule has 0 fully saturated rings. The first kappa shape index (κ1) is 39.2. The highest BCUT2D eigenvalue weighted by Gasteiger charge is 2.31. The van der Waals surface area contributed by atoms with Crippen LogP contribution in [0.25, 0.3) is 0 Å². The van der Waals surface area contributed by atoms with Crippen LogP contribution in [-0.4, -0.2) is 100 Å². The van der Waals surface area contributed by atoms with Gasteiger partial charge < -0.3 is 33.3 Å². The normalized spacial score (nSPS) is 11.9. The highest BCUT2D eigenvalue weighted by molar-refractivity contribution is 5.82. The summed E-state index contributed by atoms with van der Waals surface area (Å²) in [5.74, 6) is -2.95. The summed E-state index contributed by atoms with van der Waals surface area (Å²) in [5, 5.41) is 0. The first-order chi connectivity index (χ1) is 20.2. The summed E-state index contributed by atoms with van der Waals surface area (Å²) in [7, 11) is 0. The lowest BCUT2D eigenvalue weighted by molar-refractivity contribution is -0.157. The standard InChI is InChI=1S/C31H47NO11/c1-9-25(33)39-19-30(7,20-40-26(34)10-2)18-38-24(6)14-16-32(13-5)17-15-29(37)43-23-31(8,21-41-27(35)11-3)22-42-28(36)12-4/h9-12,24H,1-4,13-23H2,5-8H3. The van der Waals surface area contributed by atoms with Crippen LogP contribution in [0.15, 0.2) is 50.6 Å². The van der Waals surface area contributed by atoms with Crippen molar-refractivity contribution >= 4 is 29.8 Å². The summed E-state index contributed by atoms with van der Waals surface area (Å²) in [4.78, 5) is 60.7. The molecule has 0 aromatic rings. The van der Waals surface area contributed by atoms with Gasteiger partial charge in [0, 0.05) is 37.4 Å². The van der Waals surface area contributed by atoms with Gasteiger partial charge in [0.05, 0.1) is 30.0 Å². The number of carbonyl (C=O) groups is 5. The van der Waals surface area contributed by atoms with Crippen LogP contribution in [0.5, 0.6) is 0 Å². The Morgan fingerprint density at radius 3 is 1.40 bits per heavy atom. The molecular formula is C31H47NO11. The smallest absolute Gasteiger partial charge is 0.330 e. The molecule has 1 atom stereocenters. The third kappa shape index (κ3) is 18.4. The zero-order chi connectivity index (χ0) is 32.9. The lowest BCUT2D eigenvalue weighted by Crippen LogP contribution is -2.38. The third-order valence-corrected chi connectivity index (χ3v) is 6.15. The topological polar surface area (TPSA) is 144 Å². The van der Waals surface area contributed by atoms with Crippen molar-refractivity contribution in [3.63, 3.8) is 0 Å². The van der Waals surface area contributed by atoms with Crippen molar-refractivity contribution in [2.45, 2.75) is 46.6 Å². The van der Waals surface area contributed by atoms with E-state index in [1.807, 2.05) is 13.8 Å². The Kier molecular flexibility index (Phi) is 19.2. The molecule has 0 aromatic carbocycles. The Morgan fingerprint density at radius 1 is 0.651 bits per heavy atom. The molecule has 0 amide bonds. The monoisotopic (exact) mass is 609 g/mol. The minimum absolute atomic E-state index is 0.0371. The van der Waals surface area contributed by atoms with E-state index in [-0.39, 0.29) is 52.2 Å². The number of rotatable bonds is 24. The SMILES string of the molecule is C=CC(=O)OCC(C)(COC(=O)C=C)COC(=O)CCN(CC)CCC(C)OCC(C)(COC(=O)C=C)COC(=O)C=C. The minimum Gasteiger partial charge on any atom is -0.465 e. The van der Waals surface area contributed by atoms with Crippen molar-refractivity contribution in [2.75, 3.05) is 59.3 Å². The molecule has 0 aliphatic heterocycles. The van der Waals surface area contributed by atoms with Crippen molar-refractivity contribution in [3.05, 3.63) is 50.6 Å². The Morgan fingerprint density at radius 2 is 1.02 bits per heavy atom. The summed E-state index contributed by atoms with van der Waals surface area (Å²) < 4.78 is 31.9. The summed E-state index contributed by atoms with van der Waals surface area (Å²) in [6, 6.07) is 0. The van der Waals surface area contributed by atoms with Crippen LogP contribution in [0, 0.1) is 10.8 Å². The molecule has 0 rings (SSSR count). The maximum absolute atomic E-state index is 12.5. The molecule has 0 bridgehead atoms. The van der Waals surface area contributed by atoms with E-state index < -0.39 is 40.7 Å². The van der Waals surface area contributed by atoms with Gasteiger partial charge in [0.1, 0.15) is 33.0 Å². The van der Waals surface area contributed by atoms with Crippen LogP contribution in [0.3, 0.4) is 0 Å². The summed E-state index contributed by atoms with van der Waals surface area (Å²) in [6.07, 6.45) is 4.67. The van der Waals surface area contributed by atoms with Gasteiger partial charge in [0.15, 0.2) is 0 Å². The minimum atomic E-state index is -0.966. The fourth-order valence-electron chi connectivity index (χ4n) is 3.26. The molecule has 0 aliphatic carbocycles. The Balaban J connectivity index is 4.85. The van der Waals surface area contributed by atoms with E-state index in [2.05, 4.69) is 31.2 Å². The fourth-order valence-corrected chi connectivity index (χ4v) is 3.26. The molecule has 12 heteroatoms. The van der Waals surface area contributed by atoms with Gasteiger partial charge in [-0.2, -0.15) is 0 Å². The van der Waals surface area contributed by atoms with E-state index >= 15 is 0 Å². The summed E-state index contributed by atoms with van der Waals surface area (Å²) >= 11 is 0. The zero-order valence-corrected chi connectivity index (χ0v) is 25.9. The molecule has 242 valence electrons. The second-order valence-corrected chi connectivity index (χ2v) is 10.6. The number of hydrogen-bond acceptors (Lipinski definition) is 12. The fraction of sp³-hybridized carbons (Fsp3) is 0.581. The molecule has 0 heterocycles. The highest BCUT2D eigenvalue weighted by atomic mass is 16.6.